The van der Waals surface area contributed by atoms with E-state index in [0.717, 1.165) is 16.0 Å². The van der Waals surface area contributed by atoms with Crippen LogP contribution in [-0.2, 0) is 27.4 Å². The molecular weight excluding hydrogens is 559 g/mol. The van der Waals surface area contributed by atoms with Gasteiger partial charge in [-0.2, -0.15) is 5.10 Å². The second-order valence-electron chi connectivity index (χ2n) is 8.75. The van der Waals surface area contributed by atoms with Crippen molar-refractivity contribution >= 4 is 40.1 Å². The monoisotopic (exact) mass is 593 g/mol. The van der Waals surface area contributed by atoms with Gasteiger partial charge < -0.3 is 29.4 Å². The molecule has 0 amide bonds. The number of hydrogen-bond acceptors (Lipinski definition) is 7. The van der Waals surface area contributed by atoms with Crippen molar-refractivity contribution < 1.29 is 38.5 Å². The first-order valence-corrected chi connectivity index (χ1v) is 17.5. The van der Waals surface area contributed by atoms with Gasteiger partial charge in [0.2, 0.25) is 0 Å². The van der Waals surface area contributed by atoms with Crippen LogP contribution in [0.4, 0.5) is 0 Å². The number of rotatable bonds is 14. The van der Waals surface area contributed by atoms with Gasteiger partial charge in [-0.1, -0.05) is 30.9 Å². The Hall–Kier alpha value is -1.58. The lowest BCUT2D eigenvalue weighted by Crippen LogP contribution is -2.30. The molecule has 0 saturated carbocycles. The normalized spacial score (nSPS) is 15.0. The van der Waals surface area contributed by atoms with Crippen molar-refractivity contribution in [2.45, 2.75) is 32.0 Å². The summed E-state index contributed by atoms with van der Waals surface area (Å²) in [5.41, 5.74) is 1.64. The highest BCUT2D eigenvalue weighted by atomic mass is 32.4. The fourth-order valence-corrected chi connectivity index (χ4v) is 7.09. The maximum atomic E-state index is 11.3. The second kappa shape index (κ2) is 13.5. The van der Waals surface area contributed by atoms with E-state index in [2.05, 4.69) is 5.10 Å². The van der Waals surface area contributed by atoms with E-state index in [-0.39, 0.29) is 12.3 Å². The minimum atomic E-state index is -4.48. The highest BCUT2D eigenvalue weighted by Gasteiger charge is 2.31. The molecule has 0 heterocycles. The van der Waals surface area contributed by atoms with Crippen LogP contribution >= 0.6 is 22.0 Å². The Morgan fingerprint density at radius 1 is 1.03 bits per heavy atom. The van der Waals surface area contributed by atoms with Crippen molar-refractivity contribution in [3.05, 3.63) is 59.7 Å². The Kier molecular flexibility index (Phi) is 11.5. The molecule has 0 aliphatic rings. The summed E-state index contributed by atoms with van der Waals surface area (Å²) < 4.78 is 30.7. The zero-order valence-corrected chi connectivity index (χ0v) is 24.4. The fourth-order valence-electron chi connectivity index (χ4n) is 3.35. The first-order chi connectivity index (χ1) is 17.1. The second-order valence-corrected chi connectivity index (χ2v) is 15.5. The molecule has 0 radical (unpaired) electrons. The van der Waals surface area contributed by atoms with Gasteiger partial charge in [0.25, 0.3) is 0 Å². The summed E-state index contributed by atoms with van der Waals surface area (Å²) >= 11 is 5.83. The number of phenols is 1. The van der Waals surface area contributed by atoms with Crippen molar-refractivity contribution in [3.63, 3.8) is 0 Å². The summed E-state index contributed by atoms with van der Waals surface area (Å²) in [6.45, 7) is 2.29. The molecule has 0 spiro atoms. The number of nitrogens with zero attached hydrogens (tertiary/aromatic N) is 3. The lowest BCUT2D eigenvalue weighted by molar-refractivity contribution is 0.171. The van der Waals surface area contributed by atoms with Crippen molar-refractivity contribution in [1.29, 1.82) is 0 Å². The maximum absolute atomic E-state index is 11.3. The van der Waals surface area contributed by atoms with Gasteiger partial charge in [-0.3, -0.25) is 18.8 Å². The molecule has 0 aliphatic carbocycles. The molecule has 2 aromatic carbocycles. The van der Waals surface area contributed by atoms with Gasteiger partial charge in [0.1, 0.15) is 29.4 Å². The number of hydrogen-bond donors (Lipinski definition) is 5. The first-order valence-electron chi connectivity index (χ1n) is 11.3. The van der Waals surface area contributed by atoms with Gasteiger partial charge in [-0.15, -0.1) is 0 Å². The van der Waals surface area contributed by atoms with Gasteiger partial charge in [-0.25, -0.2) is 0 Å². The van der Waals surface area contributed by atoms with Crippen LogP contribution in [0.15, 0.2) is 53.6 Å². The van der Waals surface area contributed by atoms with Crippen LogP contribution in [0.1, 0.15) is 31.4 Å². The lowest BCUT2D eigenvalue weighted by atomic mass is 10.1. The quantitative estimate of drug-likeness (QED) is 0.124. The lowest BCUT2D eigenvalue weighted by Gasteiger charge is -2.34. The van der Waals surface area contributed by atoms with Crippen LogP contribution in [-0.4, -0.2) is 72.1 Å². The Morgan fingerprint density at radius 2 is 1.57 bits per heavy atom. The van der Waals surface area contributed by atoms with Crippen LogP contribution in [0.3, 0.4) is 0 Å². The summed E-state index contributed by atoms with van der Waals surface area (Å²) in [6, 6.07) is 13.8. The summed E-state index contributed by atoms with van der Waals surface area (Å²) in [6.07, 6.45) is 1.17. The van der Waals surface area contributed by atoms with Gasteiger partial charge in [-0.05, 0) is 67.3 Å². The predicted molar refractivity (Wildman–Crippen MR) is 149 cm³/mol. The average Bonchev–Trinajstić information content (AvgIpc) is 2.80. The Morgan fingerprint density at radius 3 is 2.05 bits per heavy atom. The molecular formula is C22H34N3O8P3S. The maximum Gasteiger partial charge on any atom is 0.339 e. The number of benzene rings is 2. The van der Waals surface area contributed by atoms with Gasteiger partial charge >= 0.3 is 15.2 Å². The molecule has 5 N–H and O–H groups in total. The molecule has 11 nitrogen and oxygen atoms in total. The van der Waals surface area contributed by atoms with E-state index < -0.39 is 40.0 Å². The SMILES string of the molecule is CCC(C)(Oc1ccc(CCN(CP(=O)(O)O)CP(=O)(O)O)cc1)[PH](=S)N(C)/N=C/c1ccc(O)cc1. The first kappa shape index (κ1) is 31.6. The fraction of sp³-hybridized carbons (Fsp3) is 0.409. The van der Waals surface area contributed by atoms with E-state index in [1.54, 1.807) is 66.6 Å². The third kappa shape index (κ3) is 11.4. The predicted octanol–water partition coefficient (Wildman–Crippen LogP) is 3.57. The van der Waals surface area contributed by atoms with Crippen LogP contribution in [0, 0.1) is 0 Å². The van der Waals surface area contributed by atoms with E-state index in [0.29, 0.717) is 18.6 Å². The minimum absolute atomic E-state index is 0.0617. The molecule has 206 valence electrons. The average molecular weight is 594 g/mol. The molecule has 2 unspecified atom stereocenters. The van der Waals surface area contributed by atoms with Crippen LogP contribution in [0.2, 0.25) is 0 Å². The van der Waals surface area contributed by atoms with Crippen LogP contribution in [0.5, 0.6) is 11.5 Å². The number of hydrazone groups is 1. The molecule has 0 aliphatic heterocycles. The summed E-state index contributed by atoms with van der Waals surface area (Å²) in [4.78, 5) is 37.9. The molecule has 0 aromatic heterocycles. The van der Waals surface area contributed by atoms with Crippen molar-refractivity contribution in [2.24, 2.45) is 5.10 Å². The van der Waals surface area contributed by atoms with Gasteiger partial charge in [0.05, 0.1) is 13.1 Å². The summed E-state index contributed by atoms with van der Waals surface area (Å²) in [5, 5.41) is 13.2. The number of aromatic hydroxyl groups is 1. The molecule has 15 heteroatoms. The highest BCUT2D eigenvalue weighted by molar-refractivity contribution is 8.04. The molecule has 2 aromatic rings. The largest absolute Gasteiger partial charge is 0.508 e. The Balaban J connectivity index is 2.03. The van der Waals surface area contributed by atoms with E-state index >= 15 is 0 Å². The molecule has 0 fully saturated rings. The number of phenolic OH excluding ortho intramolecular Hbond substituents is 1. The molecule has 0 saturated heterocycles. The molecule has 0 bridgehead atoms. The topological polar surface area (TPSA) is 163 Å². The van der Waals surface area contributed by atoms with E-state index in [4.69, 9.17) is 16.5 Å². The minimum Gasteiger partial charge on any atom is -0.508 e. The summed E-state index contributed by atoms with van der Waals surface area (Å²) in [7, 11) is -7.14. The smallest absolute Gasteiger partial charge is 0.339 e. The van der Waals surface area contributed by atoms with E-state index in [1.165, 1.54) is 0 Å². The Labute approximate surface area is 222 Å². The number of ether oxygens (including phenoxy) is 1. The van der Waals surface area contributed by atoms with Crippen molar-refractivity contribution in [1.82, 2.24) is 9.68 Å². The molecule has 37 heavy (non-hydrogen) atoms. The third-order valence-electron chi connectivity index (χ3n) is 5.45. The Bertz CT molecular complexity index is 1150. The zero-order chi connectivity index (χ0) is 27.9. The van der Waals surface area contributed by atoms with Crippen LogP contribution in [0.25, 0.3) is 0 Å². The molecule has 2 atom stereocenters. The van der Waals surface area contributed by atoms with Crippen LogP contribution < -0.4 is 4.74 Å². The van der Waals surface area contributed by atoms with Crippen molar-refractivity contribution in [2.75, 3.05) is 26.2 Å². The standard InChI is InChI=1S/C22H34N3O8P3S/c1-4-22(2,34(37)24(3)23-15-19-5-9-20(26)10-6-19)33-21-11-7-18(8-12-21)13-14-25(16-35(27,28)29)17-36(30,31)32/h5-12,15,26,34H,4,13-14,16-17H2,1-3H3,(H2,27,28,29)(H2,30,31,32)/b23-15+. The molecule has 2 rings (SSSR count). The van der Waals surface area contributed by atoms with E-state index in [9.17, 15) is 33.8 Å². The van der Waals surface area contributed by atoms with Crippen molar-refractivity contribution in [3.8, 4) is 11.5 Å². The third-order valence-corrected chi connectivity index (χ3v) is 11.1. The van der Waals surface area contributed by atoms with Gasteiger partial charge in [0.15, 0.2) is 0 Å². The van der Waals surface area contributed by atoms with E-state index in [1.807, 2.05) is 13.8 Å². The highest BCUT2D eigenvalue weighted by Crippen LogP contribution is 2.45. The zero-order valence-electron chi connectivity index (χ0n) is 20.8. The van der Waals surface area contributed by atoms with Gasteiger partial charge in [0, 0.05) is 13.6 Å². The summed E-state index contributed by atoms with van der Waals surface area (Å²) in [5.74, 6) is 0.773.